The van der Waals surface area contributed by atoms with Crippen molar-refractivity contribution in [3.63, 3.8) is 0 Å². The highest BCUT2D eigenvalue weighted by atomic mass is 35.5. The molecule has 2 amide bonds. The van der Waals surface area contributed by atoms with E-state index in [9.17, 15) is 9.59 Å². The summed E-state index contributed by atoms with van der Waals surface area (Å²) in [4.78, 5) is 27.0. The van der Waals surface area contributed by atoms with Gasteiger partial charge in [-0.2, -0.15) is 0 Å². The zero-order valence-corrected chi connectivity index (χ0v) is 20.4. The number of methoxy groups -OCH3 is 1. The summed E-state index contributed by atoms with van der Waals surface area (Å²) in [6.07, 6.45) is 0.264. The summed E-state index contributed by atoms with van der Waals surface area (Å²) in [5.74, 6) is 1.79. The minimum Gasteiger partial charge on any atom is -0.497 e. The van der Waals surface area contributed by atoms with Gasteiger partial charge < -0.3 is 24.4 Å². The molecule has 0 aliphatic carbocycles. The first-order chi connectivity index (χ1) is 16.9. The van der Waals surface area contributed by atoms with Crippen LogP contribution in [0.5, 0.6) is 17.2 Å². The van der Waals surface area contributed by atoms with Gasteiger partial charge in [0.1, 0.15) is 17.2 Å². The number of anilines is 2. The van der Waals surface area contributed by atoms with E-state index in [1.54, 1.807) is 49.3 Å². The first-order valence-corrected chi connectivity index (χ1v) is 11.7. The summed E-state index contributed by atoms with van der Waals surface area (Å²) in [6, 6.07) is 20.0. The van der Waals surface area contributed by atoms with Crippen molar-refractivity contribution in [3.8, 4) is 17.2 Å². The third-order valence-electron chi connectivity index (χ3n) is 5.58. The number of nitrogens with one attached hydrogen (secondary N) is 1. The van der Waals surface area contributed by atoms with Crippen LogP contribution in [0.25, 0.3) is 0 Å². The van der Waals surface area contributed by atoms with Crippen molar-refractivity contribution in [2.45, 2.75) is 32.4 Å². The molecule has 1 atom stereocenters. The average Bonchev–Trinajstić information content (AvgIpc) is 2.86. The number of nitrogens with zero attached hydrogens (tertiary/aromatic N) is 1. The van der Waals surface area contributed by atoms with E-state index in [4.69, 9.17) is 25.8 Å². The lowest BCUT2D eigenvalue weighted by Gasteiger charge is -2.33. The van der Waals surface area contributed by atoms with E-state index < -0.39 is 6.10 Å². The number of halogens is 1. The van der Waals surface area contributed by atoms with Gasteiger partial charge in [-0.1, -0.05) is 23.7 Å². The highest BCUT2D eigenvalue weighted by Gasteiger charge is 2.31. The Morgan fingerprint density at radius 1 is 1.06 bits per heavy atom. The second-order valence-corrected chi connectivity index (χ2v) is 8.61. The predicted molar refractivity (Wildman–Crippen MR) is 136 cm³/mol. The van der Waals surface area contributed by atoms with Gasteiger partial charge in [0.2, 0.25) is 5.91 Å². The number of amides is 2. The number of carbonyl (C=O) groups excluding carboxylic acids is 2. The molecule has 0 saturated carbocycles. The van der Waals surface area contributed by atoms with Crippen molar-refractivity contribution in [2.24, 2.45) is 0 Å². The molecular formula is C27H27ClN2O5. The van der Waals surface area contributed by atoms with Crippen LogP contribution in [0.3, 0.4) is 0 Å². The maximum Gasteiger partial charge on any atom is 0.268 e. The lowest BCUT2D eigenvalue weighted by atomic mass is 10.1. The van der Waals surface area contributed by atoms with Gasteiger partial charge in [-0.25, -0.2) is 0 Å². The van der Waals surface area contributed by atoms with Crippen LogP contribution < -0.4 is 24.4 Å². The second-order valence-electron chi connectivity index (χ2n) is 8.17. The first-order valence-electron chi connectivity index (χ1n) is 11.4. The van der Waals surface area contributed by atoms with E-state index >= 15 is 0 Å². The molecule has 35 heavy (non-hydrogen) atoms. The Morgan fingerprint density at radius 3 is 2.49 bits per heavy atom. The van der Waals surface area contributed by atoms with E-state index in [1.807, 2.05) is 36.4 Å². The average molecular weight is 495 g/mol. The van der Waals surface area contributed by atoms with E-state index in [2.05, 4.69) is 5.32 Å². The van der Waals surface area contributed by atoms with Gasteiger partial charge >= 0.3 is 0 Å². The molecule has 7 nitrogen and oxygen atoms in total. The number of rotatable bonds is 9. The highest BCUT2D eigenvalue weighted by Crippen LogP contribution is 2.37. The first kappa shape index (κ1) is 24.4. The second kappa shape index (κ2) is 11.1. The zero-order chi connectivity index (χ0) is 24.8. The Labute approximate surface area is 209 Å². The van der Waals surface area contributed by atoms with E-state index in [1.165, 1.54) is 0 Å². The minimum atomic E-state index is -0.596. The summed E-state index contributed by atoms with van der Waals surface area (Å²) in [5.41, 5.74) is 2.15. The summed E-state index contributed by atoms with van der Waals surface area (Å²) in [6.45, 7) is 2.51. The number of fused-ring (bicyclic) bond motifs is 1. The summed E-state index contributed by atoms with van der Waals surface area (Å²) in [7, 11) is 1.61. The van der Waals surface area contributed by atoms with E-state index in [0.29, 0.717) is 48.1 Å². The number of benzene rings is 3. The van der Waals surface area contributed by atoms with Gasteiger partial charge in [-0.05, 0) is 73.5 Å². The molecule has 0 radical (unpaired) electrons. The third-order valence-corrected chi connectivity index (χ3v) is 5.83. The van der Waals surface area contributed by atoms with Gasteiger partial charge in [0, 0.05) is 17.1 Å². The fourth-order valence-corrected chi connectivity index (χ4v) is 3.86. The molecule has 1 heterocycles. The fourth-order valence-electron chi connectivity index (χ4n) is 3.74. The largest absolute Gasteiger partial charge is 0.497 e. The molecule has 182 valence electrons. The summed E-state index contributed by atoms with van der Waals surface area (Å²) < 4.78 is 16.6. The van der Waals surface area contributed by atoms with Crippen LogP contribution in [-0.2, 0) is 16.1 Å². The zero-order valence-electron chi connectivity index (χ0n) is 19.6. The van der Waals surface area contributed by atoms with Gasteiger partial charge in [-0.3, -0.25) is 9.59 Å². The molecule has 1 aliphatic heterocycles. The van der Waals surface area contributed by atoms with Crippen molar-refractivity contribution in [2.75, 3.05) is 23.9 Å². The smallest absolute Gasteiger partial charge is 0.268 e. The van der Waals surface area contributed by atoms with Crippen LogP contribution in [0.4, 0.5) is 11.4 Å². The van der Waals surface area contributed by atoms with Crippen molar-refractivity contribution < 1.29 is 23.8 Å². The Hall–Kier alpha value is -3.71. The molecule has 0 spiro atoms. The molecular weight excluding hydrogens is 468 g/mol. The number of hydrogen-bond acceptors (Lipinski definition) is 5. The molecule has 0 saturated heterocycles. The number of hydrogen-bond donors (Lipinski definition) is 1. The predicted octanol–water partition coefficient (Wildman–Crippen LogP) is 5.46. The monoisotopic (exact) mass is 494 g/mol. The third kappa shape index (κ3) is 6.25. The molecule has 1 unspecified atom stereocenters. The van der Waals surface area contributed by atoms with Crippen LogP contribution >= 0.6 is 11.6 Å². The van der Waals surface area contributed by atoms with Crippen LogP contribution in [-0.4, -0.2) is 31.6 Å². The SMILES string of the molecule is COc1ccc(OCCCC(=O)Nc2ccc3c(c2)N(Cc2ccc(Cl)cc2)C(=O)C(C)O3)cc1. The summed E-state index contributed by atoms with van der Waals surface area (Å²) >= 11 is 5.99. The van der Waals surface area contributed by atoms with E-state index in [-0.39, 0.29) is 11.8 Å². The maximum atomic E-state index is 12.9. The van der Waals surface area contributed by atoms with Crippen LogP contribution in [0, 0.1) is 0 Å². The van der Waals surface area contributed by atoms with Crippen molar-refractivity contribution in [1.29, 1.82) is 0 Å². The highest BCUT2D eigenvalue weighted by molar-refractivity contribution is 6.30. The minimum absolute atomic E-state index is 0.135. The van der Waals surface area contributed by atoms with Crippen molar-refractivity contribution >= 4 is 34.8 Å². The number of carbonyl (C=O) groups is 2. The van der Waals surface area contributed by atoms with Gasteiger partial charge in [-0.15, -0.1) is 0 Å². The molecule has 8 heteroatoms. The van der Waals surface area contributed by atoms with Gasteiger partial charge in [0.05, 0.1) is 25.9 Å². The van der Waals surface area contributed by atoms with Gasteiger partial charge in [0.15, 0.2) is 6.10 Å². The van der Waals surface area contributed by atoms with Crippen molar-refractivity contribution in [1.82, 2.24) is 0 Å². The molecule has 0 aromatic heterocycles. The quantitative estimate of drug-likeness (QED) is 0.400. The normalized spacial score (nSPS) is 14.7. The van der Waals surface area contributed by atoms with Crippen LogP contribution in [0.1, 0.15) is 25.3 Å². The molecule has 0 bridgehead atoms. The van der Waals surface area contributed by atoms with Crippen LogP contribution in [0.2, 0.25) is 5.02 Å². The lowest BCUT2D eigenvalue weighted by molar-refractivity contribution is -0.125. The summed E-state index contributed by atoms with van der Waals surface area (Å²) in [5, 5.41) is 3.54. The van der Waals surface area contributed by atoms with Gasteiger partial charge in [0.25, 0.3) is 5.91 Å². The van der Waals surface area contributed by atoms with E-state index in [0.717, 1.165) is 17.1 Å². The maximum absolute atomic E-state index is 12.9. The molecule has 0 fully saturated rings. The number of ether oxygens (including phenoxy) is 3. The molecule has 3 aromatic rings. The Bertz CT molecular complexity index is 1180. The Kier molecular flexibility index (Phi) is 7.77. The van der Waals surface area contributed by atoms with Crippen LogP contribution in [0.15, 0.2) is 66.7 Å². The molecule has 4 rings (SSSR count). The molecule has 3 aromatic carbocycles. The topological polar surface area (TPSA) is 77.1 Å². The fraction of sp³-hybridized carbons (Fsp3) is 0.259. The molecule has 1 N–H and O–H groups in total. The Balaban J connectivity index is 1.36. The molecule has 1 aliphatic rings. The Morgan fingerprint density at radius 2 is 1.77 bits per heavy atom. The lowest BCUT2D eigenvalue weighted by Crippen LogP contribution is -2.44. The standard InChI is InChI=1S/C27H27ClN2O5/c1-18-27(32)30(17-19-5-7-20(28)8-6-19)24-16-21(9-14-25(24)35-18)29-26(31)4-3-15-34-23-12-10-22(33-2)11-13-23/h5-14,16,18H,3-4,15,17H2,1-2H3,(H,29,31). The van der Waals surface area contributed by atoms with Crippen molar-refractivity contribution in [3.05, 3.63) is 77.3 Å².